The standard InChI is InChI=1S/C10H21NO5/c12-5-2-7-16-9-3-8-15-6-1-4-11-10(13)14/h11-12H,1-9H2,(H,13,14). The van der Waals surface area contributed by atoms with Crippen molar-refractivity contribution in [2.75, 3.05) is 39.6 Å². The van der Waals surface area contributed by atoms with Crippen LogP contribution >= 0.6 is 0 Å². The first-order valence-corrected chi connectivity index (χ1v) is 5.50. The van der Waals surface area contributed by atoms with Crippen LogP contribution < -0.4 is 5.32 Å². The van der Waals surface area contributed by atoms with E-state index in [-0.39, 0.29) is 6.61 Å². The molecule has 0 unspecified atom stereocenters. The summed E-state index contributed by atoms with van der Waals surface area (Å²) in [5.74, 6) is 0. The van der Waals surface area contributed by atoms with Gasteiger partial charge >= 0.3 is 6.09 Å². The van der Waals surface area contributed by atoms with Gasteiger partial charge in [0.05, 0.1) is 0 Å². The van der Waals surface area contributed by atoms with Crippen LogP contribution in [0.4, 0.5) is 4.79 Å². The minimum absolute atomic E-state index is 0.160. The number of carboxylic acid groups (broad SMARTS) is 1. The maximum absolute atomic E-state index is 10.1. The van der Waals surface area contributed by atoms with Crippen LogP contribution in [0.5, 0.6) is 0 Å². The van der Waals surface area contributed by atoms with Gasteiger partial charge in [0.15, 0.2) is 0 Å². The Hall–Kier alpha value is -0.850. The fraction of sp³-hybridized carbons (Fsp3) is 0.900. The zero-order chi connectivity index (χ0) is 12.1. The molecule has 0 spiro atoms. The Labute approximate surface area is 95.6 Å². The van der Waals surface area contributed by atoms with Crippen molar-refractivity contribution in [1.82, 2.24) is 5.32 Å². The molecule has 0 aliphatic carbocycles. The van der Waals surface area contributed by atoms with Gasteiger partial charge in [-0.15, -0.1) is 0 Å². The molecule has 0 rings (SSSR count). The number of aliphatic hydroxyl groups is 1. The molecule has 96 valence electrons. The number of hydrogen-bond acceptors (Lipinski definition) is 4. The lowest BCUT2D eigenvalue weighted by atomic mass is 10.4. The zero-order valence-corrected chi connectivity index (χ0v) is 9.48. The zero-order valence-electron chi connectivity index (χ0n) is 9.48. The first-order chi connectivity index (χ1) is 7.77. The quantitative estimate of drug-likeness (QED) is 0.452. The number of carbonyl (C=O) groups is 1. The van der Waals surface area contributed by atoms with Crippen LogP contribution in [-0.2, 0) is 9.47 Å². The van der Waals surface area contributed by atoms with E-state index < -0.39 is 6.09 Å². The van der Waals surface area contributed by atoms with Crippen LogP contribution in [0.3, 0.4) is 0 Å². The van der Waals surface area contributed by atoms with Crippen molar-refractivity contribution in [2.45, 2.75) is 19.3 Å². The van der Waals surface area contributed by atoms with Crippen molar-refractivity contribution >= 4 is 6.09 Å². The molecule has 3 N–H and O–H groups in total. The molecule has 6 heteroatoms. The van der Waals surface area contributed by atoms with E-state index >= 15 is 0 Å². The summed E-state index contributed by atoms with van der Waals surface area (Å²) in [5, 5.41) is 19.0. The lowest BCUT2D eigenvalue weighted by Crippen LogP contribution is -2.22. The van der Waals surface area contributed by atoms with Crippen LogP contribution in [-0.4, -0.2) is 55.9 Å². The third kappa shape index (κ3) is 13.2. The maximum Gasteiger partial charge on any atom is 0.404 e. The van der Waals surface area contributed by atoms with Gasteiger partial charge in [-0.05, 0) is 19.3 Å². The summed E-state index contributed by atoms with van der Waals surface area (Å²) < 4.78 is 10.5. The van der Waals surface area contributed by atoms with Crippen molar-refractivity contribution in [1.29, 1.82) is 0 Å². The van der Waals surface area contributed by atoms with Crippen molar-refractivity contribution < 1.29 is 24.5 Å². The Morgan fingerprint density at radius 2 is 1.56 bits per heavy atom. The van der Waals surface area contributed by atoms with E-state index in [2.05, 4.69) is 5.32 Å². The van der Waals surface area contributed by atoms with Crippen LogP contribution in [0.1, 0.15) is 19.3 Å². The molecule has 0 aromatic heterocycles. The molecule has 0 fully saturated rings. The van der Waals surface area contributed by atoms with Crippen LogP contribution in [0.2, 0.25) is 0 Å². The number of rotatable bonds is 11. The predicted octanol–water partition coefficient (Wildman–Crippen LogP) is 0.450. The first-order valence-electron chi connectivity index (χ1n) is 5.50. The minimum atomic E-state index is -1.00. The highest BCUT2D eigenvalue weighted by atomic mass is 16.5. The second kappa shape index (κ2) is 12.2. The molecule has 0 aliphatic rings. The topological polar surface area (TPSA) is 88.0 Å². The van der Waals surface area contributed by atoms with Gasteiger partial charge in [0.25, 0.3) is 0 Å². The Kier molecular flexibility index (Phi) is 11.6. The van der Waals surface area contributed by atoms with Gasteiger partial charge in [-0.1, -0.05) is 0 Å². The van der Waals surface area contributed by atoms with E-state index in [0.29, 0.717) is 45.8 Å². The number of aliphatic hydroxyl groups excluding tert-OH is 1. The predicted molar refractivity (Wildman–Crippen MR) is 58.6 cm³/mol. The smallest absolute Gasteiger partial charge is 0.404 e. The molecule has 0 heterocycles. The molecule has 0 saturated heterocycles. The van der Waals surface area contributed by atoms with Crippen LogP contribution in [0, 0.1) is 0 Å². The minimum Gasteiger partial charge on any atom is -0.465 e. The molecule has 1 amide bonds. The van der Waals surface area contributed by atoms with E-state index in [1.54, 1.807) is 0 Å². The number of ether oxygens (including phenoxy) is 2. The van der Waals surface area contributed by atoms with E-state index in [0.717, 1.165) is 6.42 Å². The Balaban J connectivity index is 2.90. The fourth-order valence-corrected chi connectivity index (χ4v) is 1.00. The largest absolute Gasteiger partial charge is 0.465 e. The summed E-state index contributed by atoms with van der Waals surface area (Å²) in [7, 11) is 0. The maximum atomic E-state index is 10.1. The second-order valence-electron chi connectivity index (χ2n) is 3.24. The molecule has 0 aromatic rings. The summed E-state index contributed by atoms with van der Waals surface area (Å²) in [6, 6.07) is 0. The molecule has 0 atom stereocenters. The Morgan fingerprint density at radius 3 is 2.12 bits per heavy atom. The van der Waals surface area contributed by atoms with Gasteiger partial charge in [0.2, 0.25) is 0 Å². The average molecular weight is 235 g/mol. The summed E-state index contributed by atoms with van der Waals surface area (Å²) >= 11 is 0. The van der Waals surface area contributed by atoms with E-state index in [4.69, 9.17) is 19.7 Å². The van der Waals surface area contributed by atoms with Gasteiger partial charge in [-0.3, -0.25) is 0 Å². The van der Waals surface area contributed by atoms with Gasteiger partial charge in [-0.2, -0.15) is 0 Å². The summed E-state index contributed by atoms with van der Waals surface area (Å²) in [4.78, 5) is 10.1. The summed E-state index contributed by atoms with van der Waals surface area (Å²) in [6.07, 6.45) is 1.16. The number of nitrogens with one attached hydrogen (secondary N) is 1. The van der Waals surface area contributed by atoms with Crippen molar-refractivity contribution in [3.05, 3.63) is 0 Å². The number of hydrogen-bond donors (Lipinski definition) is 3. The lowest BCUT2D eigenvalue weighted by Gasteiger charge is -2.05. The molecular formula is C10H21NO5. The molecule has 0 bridgehead atoms. The number of amides is 1. The van der Waals surface area contributed by atoms with E-state index in [1.807, 2.05) is 0 Å². The highest BCUT2D eigenvalue weighted by Crippen LogP contribution is 1.88. The Bertz CT molecular complexity index is 165. The molecule has 0 saturated carbocycles. The van der Waals surface area contributed by atoms with Crippen molar-refractivity contribution in [2.24, 2.45) is 0 Å². The van der Waals surface area contributed by atoms with Gasteiger partial charge in [0.1, 0.15) is 0 Å². The normalized spacial score (nSPS) is 10.3. The molecular weight excluding hydrogens is 214 g/mol. The van der Waals surface area contributed by atoms with Gasteiger partial charge in [0, 0.05) is 39.6 Å². The van der Waals surface area contributed by atoms with E-state index in [1.165, 1.54) is 0 Å². The molecule has 16 heavy (non-hydrogen) atoms. The monoisotopic (exact) mass is 235 g/mol. The third-order valence-electron chi connectivity index (χ3n) is 1.77. The SMILES string of the molecule is O=C(O)NCCCOCCCOCCCO. The van der Waals surface area contributed by atoms with Crippen molar-refractivity contribution in [3.8, 4) is 0 Å². The summed E-state index contributed by atoms with van der Waals surface area (Å²) in [5.41, 5.74) is 0. The highest BCUT2D eigenvalue weighted by Gasteiger charge is 1.94. The van der Waals surface area contributed by atoms with Gasteiger partial charge in [-0.25, -0.2) is 4.79 Å². The van der Waals surface area contributed by atoms with Crippen LogP contribution in [0.15, 0.2) is 0 Å². The summed E-state index contributed by atoms with van der Waals surface area (Å²) in [6.45, 7) is 2.96. The molecule has 0 radical (unpaired) electrons. The molecule has 0 aliphatic heterocycles. The van der Waals surface area contributed by atoms with Crippen LogP contribution in [0.25, 0.3) is 0 Å². The lowest BCUT2D eigenvalue weighted by molar-refractivity contribution is 0.0755. The molecule has 0 aromatic carbocycles. The van der Waals surface area contributed by atoms with Gasteiger partial charge < -0.3 is 25.0 Å². The first kappa shape index (κ1) is 15.2. The highest BCUT2D eigenvalue weighted by molar-refractivity contribution is 5.64. The van der Waals surface area contributed by atoms with E-state index in [9.17, 15) is 4.79 Å². The molecule has 6 nitrogen and oxygen atoms in total. The third-order valence-corrected chi connectivity index (χ3v) is 1.77. The van der Waals surface area contributed by atoms with Crippen molar-refractivity contribution in [3.63, 3.8) is 0 Å². The Morgan fingerprint density at radius 1 is 1.00 bits per heavy atom. The second-order valence-corrected chi connectivity index (χ2v) is 3.24. The fourth-order valence-electron chi connectivity index (χ4n) is 1.00. The average Bonchev–Trinajstić information content (AvgIpc) is 2.25.